The molecule has 0 bridgehead atoms. The van der Waals surface area contributed by atoms with Crippen LogP contribution in [0.15, 0.2) is 36.5 Å². The quantitative estimate of drug-likeness (QED) is 0.833. The maximum Gasteiger partial charge on any atom is 0.0722 e. The van der Waals surface area contributed by atoms with E-state index in [-0.39, 0.29) is 6.04 Å². The summed E-state index contributed by atoms with van der Waals surface area (Å²) in [6.07, 6.45) is 3.02. The highest BCUT2D eigenvalue weighted by Crippen LogP contribution is 2.28. The molecule has 0 amide bonds. The lowest BCUT2D eigenvalue weighted by Crippen LogP contribution is -2.46. The van der Waals surface area contributed by atoms with Crippen LogP contribution >= 0.6 is 0 Å². The summed E-state index contributed by atoms with van der Waals surface area (Å²) in [7, 11) is 0. The molecular formula is C15H19N3. The molecule has 1 saturated heterocycles. The first-order valence-corrected chi connectivity index (χ1v) is 6.58. The molecule has 1 aromatic carbocycles. The van der Waals surface area contributed by atoms with Crippen LogP contribution in [0.3, 0.4) is 0 Å². The van der Waals surface area contributed by atoms with Gasteiger partial charge in [-0.05, 0) is 24.5 Å². The number of aromatic nitrogens is 1. The smallest absolute Gasteiger partial charge is 0.0722 e. The number of nitrogens with zero attached hydrogens (tertiary/aromatic N) is 2. The van der Waals surface area contributed by atoms with Crippen LogP contribution in [0.5, 0.6) is 0 Å². The van der Waals surface area contributed by atoms with Crippen LogP contribution in [-0.4, -0.2) is 24.1 Å². The number of rotatable bonds is 1. The van der Waals surface area contributed by atoms with E-state index in [0.717, 1.165) is 25.0 Å². The fourth-order valence-electron chi connectivity index (χ4n) is 2.95. The lowest BCUT2D eigenvalue weighted by atomic mass is 9.96. The molecule has 1 aliphatic heterocycles. The summed E-state index contributed by atoms with van der Waals surface area (Å²) >= 11 is 0. The van der Waals surface area contributed by atoms with Crippen molar-refractivity contribution in [3.05, 3.63) is 36.5 Å². The molecule has 1 fully saturated rings. The molecule has 0 radical (unpaired) electrons. The first-order valence-electron chi connectivity index (χ1n) is 6.58. The third kappa shape index (κ3) is 2.06. The minimum absolute atomic E-state index is 0.278. The van der Waals surface area contributed by atoms with Gasteiger partial charge in [-0.2, -0.15) is 0 Å². The monoisotopic (exact) mass is 241 g/mol. The van der Waals surface area contributed by atoms with Gasteiger partial charge in [0.05, 0.1) is 5.52 Å². The number of nitrogens with two attached hydrogens (primary N) is 1. The molecule has 2 heterocycles. The van der Waals surface area contributed by atoms with Crippen molar-refractivity contribution in [2.24, 2.45) is 11.7 Å². The van der Waals surface area contributed by atoms with Gasteiger partial charge in [0.1, 0.15) is 0 Å². The molecule has 2 aromatic rings. The molecule has 0 aliphatic carbocycles. The summed E-state index contributed by atoms with van der Waals surface area (Å²) < 4.78 is 0. The van der Waals surface area contributed by atoms with Crippen LogP contribution in [0.4, 0.5) is 5.69 Å². The van der Waals surface area contributed by atoms with E-state index >= 15 is 0 Å². The highest BCUT2D eigenvalue weighted by molar-refractivity contribution is 5.91. The lowest BCUT2D eigenvalue weighted by molar-refractivity contribution is 0.402. The van der Waals surface area contributed by atoms with Crippen molar-refractivity contribution in [3.63, 3.8) is 0 Å². The van der Waals surface area contributed by atoms with Gasteiger partial charge in [0.25, 0.3) is 0 Å². The topological polar surface area (TPSA) is 42.1 Å². The standard InChI is InChI=1S/C15H19N3/c1-11-8-12(16)10-18(9-11)15-6-7-17-14-5-3-2-4-13(14)15/h2-7,11-12H,8-10,16H2,1H3/t11-,12+/m0/s1. The van der Waals surface area contributed by atoms with Crippen LogP contribution in [0.2, 0.25) is 0 Å². The Bertz CT molecular complexity index is 537. The van der Waals surface area contributed by atoms with Crippen LogP contribution in [0.25, 0.3) is 10.9 Å². The molecule has 3 rings (SSSR count). The van der Waals surface area contributed by atoms with Crippen LogP contribution in [0, 0.1) is 5.92 Å². The molecule has 2 atom stereocenters. The molecule has 1 aromatic heterocycles. The Morgan fingerprint density at radius 3 is 2.89 bits per heavy atom. The molecule has 0 saturated carbocycles. The fraction of sp³-hybridized carbons (Fsp3) is 0.400. The molecule has 2 N–H and O–H groups in total. The van der Waals surface area contributed by atoms with E-state index in [4.69, 9.17) is 5.73 Å². The number of piperidine rings is 1. The second-order valence-corrected chi connectivity index (χ2v) is 5.35. The first-order chi connectivity index (χ1) is 8.74. The van der Waals surface area contributed by atoms with Crippen molar-refractivity contribution < 1.29 is 0 Å². The second kappa shape index (κ2) is 4.58. The highest BCUT2D eigenvalue weighted by atomic mass is 15.2. The van der Waals surface area contributed by atoms with Crippen molar-refractivity contribution in [1.82, 2.24) is 4.98 Å². The van der Waals surface area contributed by atoms with Crippen molar-refractivity contribution >= 4 is 16.6 Å². The predicted molar refractivity (Wildman–Crippen MR) is 75.7 cm³/mol. The third-order valence-electron chi connectivity index (χ3n) is 3.66. The second-order valence-electron chi connectivity index (χ2n) is 5.35. The van der Waals surface area contributed by atoms with Gasteiger partial charge < -0.3 is 10.6 Å². The number of para-hydroxylation sites is 1. The van der Waals surface area contributed by atoms with E-state index in [2.05, 4.69) is 41.1 Å². The average Bonchev–Trinajstić information content (AvgIpc) is 2.37. The SMILES string of the molecule is C[C@H]1C[C@@H](N)CN(c2ccnc3ccccc23)C1. The Labute approximate surface area is 108 Å². The Morgan fingerprint density at radius 1 is 1.22 bits per heavy atom. The van der Waals surface area contributed by atoms with E-state index in [1.165, 1.54) is 11.1 Å². The zero-order valence-corrected chi connectivity index (χ0v) is 10.7. The predicted octanol–water partition coefficient (Wildman–Crippen LogP) is 2.41. The zero-order chi connectivity index (χ0) is 12.5. The van der Waals surface area contributed by atoms with Crippen LogP contribution < -0.4 is 10.6 Å². The van der Waals surface area contributed by atoms with Gasteiger partial charge in [-0.25, -0.2) is 0 Å². The number of pyridine rings is 1. The van der Waals surface area contributed by atoms with E-state index < -0.39 is 0 Å². The maximum atomic E-state index is 6.14. The highest BCUT2D eigenvalue weighted by Gasteiger charge is 2.23. The molecule has 18 heavy (non-hydrogen) atoms. The van der Waals surface area contributed by atoms with Gasteiger partial charge in [-0.1, -0.05) is 25.1 Å². The number of anilines is 1. The Hall–Kier alpha value is -1.61. The first kappa shape index (κ1) is 11.5. The third-order valence-corrected chi connectivity index (χ3v) is 3.66. The van der Waals surface area contributed by atoms with Crippen molar-refractivity contribution in [2.75, 3.05) is 18.0 Å². The molecule has 0 spiro atoms. The van der Waals surface area contributed by atoms with E-state index in [9.17, 15) is 0 Å². The van der Waals surface area contributed by atoms with Gasteiger partial charge in [-0.3, -0.25) is 4.98 Å². The summed E-state index contributed by atoms with van der Waals surface area (Å²) in [5.74, 6) is 0.653. The molecule has 3 nitrogen and oxygen atoms in total. The Kier molecular flexibility index (Phi) is 2.92. The van der Waals surface area contributed by atoms with Gasteiger partial charge in [0.2, 0.25) is 0 Å². The number of benzene rings is 1. The van der Waals surface area contributed by atoms with E-state index in [1.54, 1.807) is 0 Å². The summed E-state index contributed by atoms with van der Waals surface area (Å²) in [6.45, 7) is 4.30. The van der Waals surface area contributed by atoms with Crippen LogP contribution in [0.1, 0.15) is 13.3 Å². The Morgan fingerprint density at radius 2 is 2.06 bits per heavy atom. The van der Waals surface area contributed by atoms with Crippen molar-refractivity contribution in [2.45, 2.75) is 19.4 Å². The number of fused-ring (bicyclic) bond motifs is 1. The average molecular weight is 241 g/mol. The number of hydrogen-bond donors (Lipinski definition) is 1. The molecular weight excluding hydrogens is 222 g/mol. The van der Waals surface area contributed by atoms with Gasteiger partial charge in [0, 0.05) is 36.4 Å². The largest absolute Gasteiger partial charge is 0.369 e. The summed E-state index contributed by atoms with van der Waals surface area (Å²) in [5.41, 5.74) is 8.46. The Balaban J connectivity index is 2.03. The number of hydrogen-bond acceptors (Lipinski definition) is 3. The molecule has 0 unspecified atom stereocenters. The normalized spacial score (nSPS) is 24.4. The molecule has 94 valence electrons. The zero-order valence-electron chi connectivity index (χ0n) is 10.7. The van der Waals surface area contributed by atoms with E-state index in [0.29, 0.717) is 5.92 Å². The van der Waals surface area contributed by atoms with Gasteiger partial charge >= 0.3 is 0 Å². The minimum atomic E-state index is 0.278. The summed E-state index contributed by atoms with van der Waals surface area (Å²) in [5, 5.41) is 1.22. The fourth-order valence-corrected chi connectivity index (χ4v) is 2.95. The maximum absolute atomic E-state index is 6.14. The lowest BCUT2D eigenvalue weighted by Gasteiger charge is -2.36. The van der Waals surface area contributed by atoms with Crippen molar-refractivity contribution in [1.29, 1.82) is 0 Å². The molecule has 3 heteroatoms. The van der Waals surface area contributed by atoms with Gasteiger partial charge in [0.15, 0.2) is 0 Å². The summed E-state index contributed by atoms with van der Waals surface area (Å²) in [6, 6.07) is 10.7. The van der Waals surface area contributed by atoms with E-state index in [1.807, 2.05) is 12.3 Å². The van der Waals surface area contributed by atoms with Crippen LogP contribution in [-0.2, 0) is 0 Å². The van der Waals surface area contributed by atoms with Crippen molar-refractivity contribution in [3.8, 4) is 0 Å². The summed E-state index contributed by atoms with van der Waals surface area (Å²) in [4.78, 5) is 6.82. The minimum Gasteiger partial charge on any atom is -0.369 e. The molecule has 1 aliphatic rings. The van der Waals surface area contributed by atoms with Gasteiger partial charge in [-0.15, -0.1) is 0 Å².